The summed E-state index contributed by atoms with van der Waals surface area (Å²) in [5, 5.41) is 2.99. The molecule has 1 saturated heterocycles. The van der Waals surface area contributed by atoms with Crippen molar-refractivity contribution in [1.82, 2.24) is 10.2 Å². The quantitative estimate of drug-likeness (QED) is 0.427. The van der Waals surface area contributed by atoms with Crippen LogP contribution in [0.1, 0.15) is 36.6 Å². The van der Waals surface area contributed by atoms with Gasteiger partial charge in [-0.3, -0.25) is 4.79 Å². The number of amides is 2. The highest BCUT2D eigenvalue weighted by molar-refractivity contribution is 5.88. The molecular weight excluding hydrogens is 440 g/mol. The molecule has 3 aromatic carbocycles. The lowest BCUT2D eigenvalue weighted by molar-refractivity contribution is -0.161. The van der Waals surface area contributed by atoms with E-state index in [2.05, 4.69) is 5.32 Å². The molecule has 0 saturated carbocycles. The second-order valence-electron chi connectivity index (χ2n) is 9.17. The highest BCUT2D eigenvalue weighted by Gasteiger charge is 2.52. The van der Waals surface area contributed by atoms with Crippen molar-refractivity contribution in [1.29, 1.82) is 0 Å². The normalized spacial score (nSPS) is 18.1. The van der Waals surface area contributed by atoms with Gasteiger partial charge in [0, 0.05) is 12.6 Å². The third-order valence-electron chi connectivity index (χ3n) is 6.50. The maximum atomic E-state index is 13.5. The Hall–Kier alpha value is -3.80. The highest BCUT2D eigenvalue weighted by atomic mass is 16.5. The lowest BCUT2D eigenvalue weighted by Crippen LogP contribution is -2.63. The summed E-state index contributed by atoms with van der Waals surface area (Å²) in [7, 11) is 1.63. The standard InChI is InChI=1S/C29H32N2O4/c1-20(2)26(30-29(33)35-19-22-10-6-4-7-11-22)25-27(23-12-8-5-9-13-23)31(28(25)32)18-21-14-16-24(34-3)17-15-21/h4-17,20,25-27H,18-19H2,1-3H3,(H,30,33)/t25-,26-,27-/m0/s1. The lowest BCUT2D eigenvalue weighted by Gasteiger charge is -2.51. The Labute approximate surface area is 206 Å². The Morgan fingerprint density at radius 3 is 2.14 bits per heavy atom. The van der Waals surface area contributed by atoms with Crippen molar-refractivity contribution in [3.05, 3.63) is 102 Å². The van der Waals surface area contributed by atoms with Crippen LogP contribution in [0.4, 0.5) is 4.79 Å². The number of likely N-dealkylation sites (tertiary alicyclic amines) is 1. The van der Waals surface area contributed by atoms with Gasteiger partial charge < -0.3 is 19.7 Å². The molecular formula is C29H32N2O4. The van der Waals surface area contributed by atoms with Crippen LogP contribution in [0, 0.1) is 11.8 Å². The van der Waals surface area contributed by atoms with E-state index in [0.717, 1.165) is 22.4 Å². The molecule has 1 N–H and O–H groups in total. The fourth-order valence-electron chi connectivity index (χ4n) is 4.64. The molecule has 0 unspecified atom stereocenters. The lowest BCUT2D eigenvalue weighted by atomic mass is 9.74. The molecule has 0 aliphatic carbocycles. The van der Waals surface area contributed by atoms with Crippen molar-refractivity contribution in [2.24, 2.45) is 11.8 Å². The van der Waals surface area contributed by atoms with Gasteiger partial charge in [0.2, 0.25) is 5.91 Å². The van der Waals surface area contributed by atoms with Gasteiger partial charge in [0.1, 0.15) is 12.4 Å². The highest BCUT2D eigenvalue weighted by Crippen LogP contribution is 2.44. The third kappa shape index (κ3) is 5.65. The number of benzene rings is 3. The average molecular weight is 473 g/mol. The van der Waals surface area contributed by atoms with Gasteiger partial charge in [0.15, 0.2) is 0 Å². The van der Waals surface area contributed by atoms with Gasteiger partial charge in [-0.2, -0.15) is 0 Å². The first kappa shape index (κ1) is 24.3. The van der Waals surface area contributed by atoms with Crippen LogP contribution in [0.3, 0.4) is 0 Å². The molecule has 4 rings (SSSR count). The van der Waals surface area contributed by atoms with Crippen LogP contribution in [-0.2, 0) is 22.7 Å². The van der Waals surface area contributed by atoms with E-state index in [1.165, 1.54) is 0 Å². The zero-order valence-electron chi connectivity index (χ0n) is 20.4. The second kappa shape index (κ2) is 11.1. The van der Waals surface area contributed by atoms with E-state index in [9.17, 15) is 9.59 Å². The van der Waals surface area contributed by atoms with Gasteiger partial charge in [-0.05, 0) is 34.7 Å². The first-order valence-electron chi connectivity index (χ1n) is 11.9. The average Bonchev–Trinajstić information content (AvgIpc) is 2.89. The minimum Gasteiger partial charge on any atom is -0.497 e. The van der Waals surface area contributed by atoms with Gasteiger partial charge in [-0.15, -0.1) is 0 Å². The van der Waals surface area contributed by atoms with Crippen LogP contribution >= 0.6 is 0 Å². The van der Waals surface area contributed by atoms with Gasteiger partial charge in [-0.25, -0.2) is 4.79 Å². The van der Waals surface area contributed by atoms with E-state index in [0.29, 0.717) is 6.54 Å². The number of carbonyl (C=O) groups is 2. The summed E-state index contributed by atoms with van der Waals surface area (Å²) in [6.07, 6.45) is -0.513. The van der Waals surface area contributed by atoms with Crippen molar-refractivity contribution in [2.75, 3.05) is 7.11 Å². The Balaban J connectivity index is 1.51. The van der Waals surface area contributed by atoms with Crippen LogP contribution in [-0.4, -0.2) is 30.1 Å². The summed E-state index contributed by atoms with van der Waals surface area (Å²) >= 11 is 0. The number of carbonyl (C=O) groups excluding carboxylic acids is 2. The summed E-state index contributed by atoms with van der Waals surface area (Å²) < 4.78 is 10.7. The number of alkyl carbamates (subject to hydrolysis) is 1. The van der Waals surface area contributed by atoms with Crippen molar-refractivity contribution in [2.45, 2.75) is 39.1 Å². The summed E-state index contributed by atoms with van der Waals surface area (Å²) in [5.41, 5.74) is 2.99. The SMILES string of the molecule is COc1ccc(CN2C(=O)[C@@H]([C@@H](NC(=O)OCc3ccccc3)C(C)C)[C@@H]2c2ccccc2)cc1. The molecule has 0 radical (unpaired) electrons. The molecule has 0 bridgehead atoms. The molecule has 0 aromatic heterocycles. The first-order valence-corrected chi connectivity index (χ1v) is 11.9. The first-order chi connectivity index (χ1) is 17.0. The molecule has 1 aliphatic rings. The number of hydrogen-bond donors (Lipinski definition) is 1. The number of rotatable bonds is 9. The molecule has 35 heavy (non-hydrogen) atoms. The molecule has 3 atom stereocenters. The predicted octanol–water partition coefficient (Wildman–Crippen LogP) is 5.35. The van der Waals surface area contributed by atoms with Crippen LogP contribution in [0.5, 0.6) is 5.75 Å². The van der Waals surface area contributed by atoms with Crippen LogP contribution < -0.4 is 10.1 Å². The smallest absolute Gasteiger partial charge is 0.407 e. The van der Waals surface area contributed by atoms with E-state index in [4.69, 9.17) is 9.47 Å². The molecule has 182 valence electrons. The number of nitrogens with zero attached hydrogens (tertiary/aromatic N) is 1. The van der Waals surface area contributed by atoms with Gasteiger partial charge >= 0.3 is 6.09 Å². The van der Waals surface area contributed by atoms with Crippen LogP contribution in [0.15, 0.2) is 84.9 Å². The summed E-state index contributed by atoms with van der Waals surface area (Å²) in [6.45, 7) is 4.71. The van der Waals surface area contributed by atoms with Gasteiger partial charge in [-0.1, -0.05) is 86.6 Å². The molecule has 6 nitrogen and oxygen atoms in total. The Morgan fingerprint density at radius 1 is 0.914 bits per heavy atom. The van der Waals surface area contributed by atoms with Crippen molar-refractivity contribution >= 4 is 12.0 Å². The van der Waals surface area contributed by atoms with Crippen molar-refractivity contribution in [3.63, 3.8) is 0 Å². The fourth-order valence-corrected chi connectivity index (χ4v) is 4.64. The number of ether oxygens (including phenoxy) is 2. The molecule has 0 spiro atoms. The molecule has 1 fully saturated rings. The second-order valence-corrected chi connectivity index (χ2v) is 9.17. The fraction of sp³-hybridized carbons (Fsp3) is 0.310. The minimum absolute atomic E-state index is 0.0248. The summed E-state index contributed by atoms with van der Waals surface area (Å²) in [4.78, 5) is 28.1. The molecule has 2 amide bonds. The zero-order chi connectivity index (χ0) is 24.8. The van der Waals surface area contributed by atoms with E-state index in [1.54, 1.807) is 7.11 Å². The summed E-state index contributed by atoms with van der Waals surface area (Å²) in [5.74, 6) is 0.471. The number of nitrogens with one attached hydrogen (secondary N) is 1. The number of hydrogen-bond acceptors (Lipinski definition) is 4. The molecule has 6 heteroatoms. The van der Waals surface area contributed by atoms with Crippen molar-refractivity contribution < 1.29 is 19.1 Å². The Kier molecular flexibility index (Phi) is 7.70. The zero-order valence-corrected chi connectivity index (χ0v) is 20.4. The van der Waals surface area contributed by atoms with E-state index < -0.39 is 6.09 Å². The maximum Gasteiger partial charge on any atom is 0.407 e. The Bertz CT molecular complexity index is 1120. The Morgan fingerprint density at radius 2 is 1.54 bits per heavy atom. The number of β-lactam (4-membered cyclic amide) rings is 1. The maximum absolute atomic E-state index is 13.5. The largest absolute Gasteiger partial charge is 0.497 e. The summed E-state index contributed by atoms with van der Waals surface area (Å²) in [6, 6.07) is 26.8. The molecule has 1 aliphatic heterocycles. The van der Waals surface area contributed by atoms with Crippen molar-refractivity contribution in [3.8, 4) is 5.75 Å². The number of methoxy groups -OCH3 is 1. The molecule has 1 heterocycles. The predicted molar refractivity (Wildman–Crippen MR) is 135 cm³/mol. The van der Waals surface area contributed by atoms with E-state index in [1.807, 2.05) is 104 Å². The third-order valence-corrected chi connectivity index (χ3v) is 6.50. The van der Waals surface area contributed by atoms with E-state index >= 15 is 0 Å². The van der Waals surface area contributed by atoms with Crippen LogP contribution in [0.25, 0.3) is 0 Å². The van der Waals surface area contributed by atoms with Crippen LogP contribution in [0.2, 0.25) is 0 Å². The topological polar surface area (TPSA) is 67.9 Å². The molecule has 3 aromatic rings. The monoisotopic (exact) mass is 472 g/mol. The van der Waals surface area contributed by atoms with Gasteiger partial charge in [0.25, 0.3) is 0 Å². The minimum atomic E-state index is -0.513. The van der Waals surface area contributed by atoms with Gasteiger partial charge in [0.05, 0.1) is 19.1 Å². The van der Waals surface area contributed by atoms with E-state index in [-0.39, 0.29) is 36.4 Å².